The number of benzene rings is 1. The van der Waals surface area contributed by atoms with Gasteiger partial charge in [-0.25, -0.2) is 4.79 Å². The molecule has 0 spiro atoms. The van der Waals surface area contributed by atoms with E-state index in [9.17, 15) is 14.4 Å². The van der Waals surface area contributed by atoms with E-state index in [0.717, 1.165) is 6.42 Å². The van der Waals surface area contributed by atoms with E-state index >= 15 is 0 Å². The highest BCUT2D eigenvalue weighted by Gasteiger charge is 2.44. The fourth-order valence-electron chi connectivity index (χ4n) is 2.24. The van der Waals surface area contributed by atoms with Gasteiger partial charge in [-0.1, -0.05) is 12.5 Å². The van der Waals surface area contributed by atoms with Crippen molar-refractivity contribution in [1.82, 2.24) is 5.32 Å². The van der Waals surface area contributed by atoms with Gasteiger partial charge < -0.3 is 21.5 Å². The van der Waals surface area contributed by atoms with Crippen molar-refractivity contribution in [1.29, 1.82) is 0 Å². The SMILES string of the molecule is NC(=O)c1cccc(NC(=O)NCC2(C(=O)O)CCC2)c1. The molecule has 5 N–H and O–H groups in total. The van der Waals surface area contributed by atoms with Crippen LogP contribution in [0.15, 0.2) is 24.3 Å². The summed E-state index contributed by atoms with van der Waals surface area (Å²) in [5.41, 5.74) is 5.02. The molecule has 7 nitrogen and oxygen atoms in total. The molecule has 0 atom stereocenters. The van der Waals surface area contributed by atoms with Crippen LogP contribution < -0.4 is 16.4 Å². The fourth-order valence-corrected chi connectivity index (χ4v) is 2.24. The Kier molecular flexibility index (Phi) is 4.11. The zero-order valence-electron chi connectivity index (χ0n) is 11.4. The molecule has 0 aromatic heterocycles. The summed E-state index contributed by atoms with van der Waals surface area (Å²) in [6.07, 6.45) is 2.00. The van der Waals surface area contributed by atoms with Crippen LogP contribution in [0.1, 0.15) is 29.6 Å². The molecule has 7 heteroatoms. The number of carbonyl (C=O) groups is 3. The van der Waals surface area contributed by atoms with Gasteiger partial charge in [-0.15, -0.1) is 0 Å². The minimum absolute atomic E-state index is 0.0870. The molecule has 1 aliphatic rings. The Morgan fingerprint density at radius 3 is 2.52 bits per heavy atom. The van der Waals surface area contributed by atoms with Gasteiger partial charge in [0.15, 0.2) is 0 Å². The first-order chi connectivity index (χ1) is 9.93. The molecular weight excluding hydrogens is 274 g/mol. The molecule has 1 fully saturated rings. The number of carboxylic acids is 1. The highest BCUT2D eigenvalue weighted by atomic mass is 16.4. The van der Waals surface area contributed by atoms with Crippen LogP contribution in [0, 0.1) is 5.41 Å². The third kappa shape index (κ3) is 3.31. The Hall–Kier alpha value is -2.57. The maximum absolute atomic E-state index is 11.8. The van der Waals surface area contributed by atoms with Gasteiger partial charge in [-0.3, -0.25) is 9.59 Å². The Morgan fingerprint density at radius 1 is 1.29 bits per heavy atom. The molecular formula is C14H17N3O4. The Morgan fingerprint density at radius 2 is 2.00 bits per heavy atom. The topological polar surface area (TPSA) is 122 Å². The minimum Gasteiger partial charge on any atom is -0.481 e. The second-order valence-electron chi connectivity index (χ2n) is 5.19. The van der Waals surface area contributed by atoms with Gasteiger partial charge in [0.25, 0.3) is 0 Å². The molecule has 0 unspecified atom stereocenters. The summed E-state index contributed by atoms with van der Waals surface area (Å²) in [7, 11) is 0. The summed E-state index contributed by atoms with van der Waals surface area (Å²) in [4.78, 5) is 34.0. The predicted octanol–water partition coefficient (Wildman–Crippen LogP) is 1.16. The number of carboxylic acid groups (broad SMARTS) is 1. The minimum atomic E-state index is -0.884. The molecule has 2 rings (SSSR count). The lowest BCUT2D eigenvalue weighted by Crippen LogP contribution is -2.48. The number of anilines is 1. The van der Waals surface area contributed by atoms with Crippen molar-refractivity contribution in [2.45, 2.75) is 19.3 Å². The van der Waals surface area contributed by atoms with E-state index in [1.165, 1.54) is 6.07 Å². The van der Waals surface area contributed by atoms with Crippen LogP contribution in [0.2, 0.25) is 0 Å². The van der Waals surface area contributed by atoms with Gasteiger partial charge in [0.05, 0.1) is 5.41 Å². The fraction of sp³-hybridized carbons (Fsp3) is 0.357. The molecule has 0 aliphatic heterocycles. The van der Waals surface area contributed by atoms with E-state index in [2.05, 4.69) is 10.6 Å². The van der Waals surface area contributed by atoms with Crippen LogP contribution in [0.3, 0.4) is 0 Å². The quantitative estimate of drug-likeness (QED) is 0.650. The number of amides is 3. The van der Waals surface area contributed by atoms with Crippen molar-refractivity contribution in [3.05, 3.63) is 29.8 Å². The van der Waals surface area contributed by atoms with Gasteiger partial charge in [-0.05, 0) is 31.0 Å². The standard InChI is InChI=1S/C14H17N3O4/c15-11(18)9-3-1-4-10(7-9)17-13(21)16-8-14(12(19)20)5-2-6-14/h1,3-4,7H,2,5-6,8H2,(H2,15,18)(H,19,20)(H2,16,17,21). The highest BCUT2D eigenvalue weighted by molar-refractivity contribution is 5.96. The molecule has 1 aromatic rings. The second-order valence-corrected chi connectivity index (χ2v) is 5.19. The van der Waals surface area contributed by atoms with Crippen molar-refractivity contribution < 1.29 is 19.5 Å². The van der Waals surface area contributed by atoms with Crippen LogP contribution in [-0.4, -0.2) is 29.6 Å². The molecule has 21 heavy (non-hydrogen) atoms. The summed E-state index contributed by atoms with van der Waals surface area (Å²) in [5.74, 6) is -1.47. The summed E-state index contributed by atoms with van der Waals surface area (Å²) in [5, 5.41) is 14.3. The Labute approximate surface area is 121 Å². The average Bonchev–Trinajstić information content (AvgIpc) is 2.37. The van der Waals surface area contributed by atoms with E-state index in [0.29, 0.717) is 18.5 Å². The number of urea groups is 1. The third-order valence-corrected chi connectivity index (χ3v) is 3.76. The molecule has 1 saturated carbocycles. The molecule has 3 amide bonds. The first kappa shape index (κ1) is 14.8. The zero-order chi connectivity index (χ0) is 15.5. The third-order valence-electron chi connectivity index (χ3n) is 3.76. The number of nitrogens with two attached hydrogens (primary N) is 1. The van der Waals surface area contributed by atoms with Gasteiger partial charge in [-0.2, -0.15) is 0 Å². The lowest BCUT2D eigenvalue weighted by Gasteiger charge is -2.37. The van der Waals surface area contributed by atoms with E-state index in [-0.39, 0.29) is 12.1 Å². The van der Waals surface area contributed by atoms with Gasteiger partial charge >= 0.3 is 12.0 Å². The van der Waals surface area contributed by atoms with Gasteiger partial charge in [0, 0.05) is 17.8 Å². The first-order valence-corrected chi connectivity index (χ1v) is 6.61. The molecule has 1 aromatic carbocycles. The number of primary amides is 1. The average molecular weight is 291 g/mol. The lowest BCUT2D eigenvalue weighted by molar-refractivity contribution is -0.153. The van der Waals surface area contributed by atoms with Crippen molar-refractivity contribution in [3.8, 4) is 0 Å². The summed E-state index contributed by atoms with van der Waals surface area (Å²) >= 11 is 0. The van der Waals surface area contributed by atoms with Crippen LogP contribution in [0.25, 0.3) is 0 Å². The van der Waals surface area contributed by atoms with Crippen molar-refractivity contribution in [2.75, 3.05) is 11.9 Å². The molecule has 0 heterocycles. The Balaban J connectivity index is 1.91. The lowest BCUT2D eigenvalue weighted by atomic mass is 9.69. The van der Waals surface area contributed by atoms with Gasteiger partial charge in [0.1, 0.15) is 0 Å². The van der Waals surface area contributed by atoms with Crippen LogP contribution in [0.5, 0.6) is 0 Å². The number of rotatable bonds is 5. The van der Waals surface area contributed by atoms with Crippen molar-refractivity contribution >= 4 is 23.6 Å². The van der Waals surface area contributed by atoms with Crippen molar-refractivity contribution in [3.63, 3.8) is 0 Å². The summed E-state index contributed by atoms with van der Waals surface area (Å²) < 4.78 is 0. The van der Waals surface area contributed by atoms with E-state index in [1.54, 1.807) is 18.2 Å². The molecule has 1 aliphatic carbocycles. The van der Waals surface area contributed by atoms with Crippen LogP contribution in [0.4, 0.5) is 10.5 Å². The number of hydrogen-bond acceptors (Lipinski definition) is 3. The highest BCUT2D eigenvalue weighted by Crippen LogP contribution is 2.40. The molecule has 0 radical (unpaired) electrons. The molecule has 0 saturated heterocycles. The smallest absolute Gasteiger partial charge is 0.319 e. The largest absolute Gasteiger partial charge is 0.481 e. The molecule has 112 valence electrons. The van der Waals surface area contributed by atoms with E-state index in [1.807, 2.05) is 0 Å². The number of aliphatic carboxylic acids is 1. The predicted molar refractivity (Wildman–Crippen MR) is 75.9 cm³/mol. The maximum Gasteiger partial charge on any atom is 0.319 e. The van der Waals surface area contributed by atoms with Crippen molar-refractivity contribution in [2.24, 2.45) is 11.1 Å². The normalized spacial score (nSPS) is 15.6. The second kappa shape index (κ2) is 5.82. The van der Waals surface area contributed by atoms with Crippen LogP contribution >= 0.6 is 0 Å². The van der Waals surface area contributed by atoms with E-state index in [4.69, 9.17) is 10.8 Å². The Bertz CT molecular complexity index is 581. The zero-order valence-corrected chi connectivity index (χ0v) is 11.4. The van der Waals surface area contributed by atoms with Gasteiger partial charge in [0.2, 0.25) is 5.91 Å². The number of carbonyl (C=O) groups excluding carboxylic acids is 2. The number of nitrogens with one attached hydrogen (secondary N) is 2. The number of hydrogen-bond donors (Lipinski definition) is 4. The van der Waals surface area contributed by atoms with E-state index < -0.39 is 23.3 Å². The molecule has 0 bridgehead atoms. The summed E-state index contributed by atoms with van der Waals surface area (Å²) in [6.45, 7) is 0.0870. The summed E-state index contributed by atoms with van der Waals surface area (Å²) in [6, 6.07) is 5.70. The maximum atomic E-state index is 11.8. The monoisotopic (exact) mass is 291 g/mol. The van der Waals surface area contributed by atoms with Crippen LogP contribution in [-0.2, 0) is 4.79 Å². The first-order valence-electron chi connectivity index (χ1n) is 6.61.